The molecule has 4 heteroatoms. The molecule has 0 saturated carbocycles. The summed E-state index contributed by atoms with van der Waals surface area (Å²) in [5.74, 6) is 0.671. The number of pyridine rings is 1. The summed E-state index contributed by atoms with van der Waals surface area (Å²) in [7, 11) is 0. The van der Waals surface area contributed by atoms with E-state index in [1.807, 2.05) is 49.6 Å². The van der Waals surface area contributed by atoms with Crippen molar-refractivity contribution in [2.45, 2.75) is 13.5 Å². The number of fused-ring (bicyclic) bond motifs is 1. The van der Waals surface area contributed by atoms with Crippen molar-refractivity contribution in [1.82, 2.24) is 14.5 Å². The lowest BCUT2D eigenvalue weighted by molar-refractivity contribution is 0.325. The molecule has 2 heterocycles. The highest BCUT2D eigenvalue weighted by Gasteiger charge is 2.04. The van der Waals surface area contributed by atoms with Gasteiger partial charge in [-0.3, -0.25) is 0 Å². The maximum atomic E-state index is 5.42. The predicted molar refractivity (Wildman–Crippen MR) is 74.2 cm³/mol. The van der Waals surface area contributed by atoms with Crippen LogP contribution in [0.3, 0.4) is 0 Å². The van der Waals surface area contributed by atoms with Crippen LogP contribution in [0, 0.1) is 0 Å². The van der Waals surface area contributed by atoms with Crippen LogP contribution in [0.5, 0.6) is 5.88 Å². The van der Waals surface area contributed by atoms with Gasteiger partial charge in [0.2, 0.25) is 5.88 Å². The molecule has 4 nitrogen and oxygen atoms in total. The van der Waals surface area contributed by atoms with Gasteiger partial charge >= 0.3 is 0 Å². The molecule has 0 bridgehead atoms. The Morgan fingerprint density at radius 1 is 1.11 bits per heavy atom. The maximum absolute atomic E-state index is 5.42. The van der Waals surface area contributed by atoms with E-state index in [0.29, 0.717) is 19.0 Å². The average molecular weight is 253 g/mol. The summed E-state index contributed by atoms with van der Waals surface area (Å²) < 4.78 is 7.51. The Morgan fingerprint density at radius 2 is 2.00 bits per heavy atom. The monoisotopic (exact) mass is 253 g/mol. The minimum Gasteiger partial charge on any atom is -0.478 e. The third-order valence-electron chi connectivity index (χ3n) is 2.93. The van der Waals surface area contributed by atoms with Crippen molar-refractivity contribution in [3.05, 3.63) is 54.5 Å². The number of imidazole rings is 1. The first-order valence-electron chi connectivity index (χ1n) is 6.35. The third kappa shape index (κ3) is 2.42. The Balaban J connectivity index is 1.90. The molecule has 3 aromatic rings. The van der Waals surface area contributed by atoms with E-state index in [9.17, 15) is 0 Å². The summed E-state index contributed by atoms with van der Waals surface area (Å²) in [6, 6.07) is 13.9. The SMILES string of the molecule is CCOc1cccc(Cn2cnc3ccccc32)n1. The van der Waals surface area contributed by atoms with Crippen LogP contribution in [-0.4, -0.2) is 21.1 Å². The highest BCUT2D eigenvalue weighted by Crippen LogP contribution is 2.14. The van der Waals surface area contributed by atoms with Crippen molar-refractivity contribution in [1.29, 1.82) is 0 Å². The molecule has 0 N–H and O–H groups in total. The maximum Gasteiger partial charge on any atom is 0.213 e. The molecule has 0 aliphatic carbocycles. The molecular formula is C15H15N3O. The molecule has 1 aromatic carbocycles. The molecule has 0 spiro atoms. The Hall–Kier alpha value is -2.36. The highest BCUT2D eigenvalue weighted by atomic mass is 16.5. The summed E-state index contributed by atoms with van der Waals surface area (Å²) >= 11 is 0. The van der Waals surface area contributed by atoms with Gasteiger partial charge in [-0.1, -0.05) is 18.2 Å². The van der Waals surface area contributed by atoms with Gasteiger partial charge in [-0.2, -0.15) is 0 Å². The van der Waals surface area contributed by atoms with E-state index in [4.69, 9.17) is 4.74 Å². The number of hydrogen-bond acceptors (Lipinski definition) is 3. The largest absolute Gasteiger partial charge is 0.478 e. The van der Waals surface area contributed by atoms with Crippen molar-refractivity contribution < 1.29 is 4.74 Å². The Bertz CT molecular complexity index is 690. The van der Waals surface area contributed by atoms with Gasteiger partial charge in [-0.25, -0.2) is 9.97 Å². The van der Waals surface area contributed by atoms with Gasteiger partial charge < -0.3 is 9.30 Å². The number of benzene rings is 1. The Labute approximate surface area is 111 Å². The van der Waals surface area contributed by atoms with Gasteiger partial charge in [0.15, 0.2) is 0 Å². The minimum atomic E-state index is 0.629. The standard InChI is InChI=1S/C15H15N3O/c1-2-19-15-9-5-6-12(17-15)10-18-11-16-13-7-3-4-8-14(13)18/h3-9,11H,2,10H2,1H3. The van der Waals surface area contributed by atoms with Gasteiger partial charge in [0.1, 0.15) is 0 Å². The van der Waals surface area contributed by atoms with Gasteiger partial charge in [-0.15, -0.1) is 0 Å². The zero-order valence-corrected chi connectivity index (χ0v) is 10.8. The van der Waals surface area contributed by atoms with Crippen molar-refractivity contribution in [2.75, 3.05) is 6.61 Å². The van der Waals surface area contributed by atoms with Crippen LogP contribution in [0.25, 0.3) is 11.0 Å². The van der Waals surface area contributed by atoms with Gasteiger partial charge in [0.05, 0.1) is 36.2 Å². The molecule has 0 unspecified atom stereocenters. The number of nitrogens with zero attached hydrogens (tertiary/aromatic N) is 3. The molecule has 0 aliphatic heterocycles. The number of rotatable bonds is 4. The van der Waals surface area contributed by atoms with Crippen LogP contribution in [0.2, 0.25) is 0 Å². The highest BCUT2D eigenvalue weighted by molar-refractivity contribution is 5.75. The molecule has 3 rings (SSSR count). The lowest BCUT2D eigenvalue weighted by Gasteiger charge is -2.06. The molecule has 0 saturated heterocycles. The first kappa shape index (κ1) is 11.7. The van der Waals surface area contributed by atoms with Gasteiger partial charge in [-0.05, 0) is 25.1 Å². The molecule has 0 amide bonds. The fourth-order valence-electron chi connectivity index (χ4n) is 2.08. The smallest absolute Gasteiger partial charge is 0.213 e. The summed E-state index contributed by atoms with van der Waals surface area (Å²) in [5.41, 5.74) is 3.09. The molecule has 0 fully saturated rings. The number of hydrogen-bond donors (Lipinski definition) is 0. The van der Waals surface area contributed by atoms with E-state index in [2.05, 4.69) is 20.6 Å². The number of para-hydroxylation sites is 2. The second kappa shape index (κ2) is 5.10. The normalized spacial score (nSPS) is 10.8. The zero-order chi connectivity index (χ0) is 13.1. The quantitative estimate of drug-likeness (QED) is 0.717. The second-order valence-corrected chi connectivity index (χ2v) is 4.26. The van der Waals surface area contributed by atoms with Gasteiger partial charge in [0.25, 0.3) is 0 Å². The van der Waals surface area contributed by atoms with E-state index in [-0.39, 0.29) is 0 Å². The van der Waals surface area contributed by atoms with Crippen LogP contribution >= 0.6 is 0 Å². The summed E-state index contributed by atoms with van der Waals surface area (Å²) in [6.45, 7) is 3.28. The zero-order valence-electron chi connectivity index (χ0n) is 10.8. The van der Waals surface area contributed by atoms with Crippen LogP contribution < -0.4 is 4.74 Å². The van der Waals surface area contributed by atoms with E-state index in [0.717, 1.165) is 16.7 Å². The lowest BCUT2D eigenvalue weighted by Crippen LogP contribution is -2.02. The summed E-state index contributed by atoms with van der Waals surface area (Å²) in [5, 5.41) is 0. The fourth-order valence-corrected chi connectivity index (χ4v) is 2.08. The first-order chi connectivity index (χ1) is 9.36. The van der Waals surface area contributed by atoms with E-state index in [1.165, 1.54) is 0 Å². The average Bonchev–Trinajstić information content (AvgIpc) is 2.83. The third-order valence-corrected chi connectivity index (χ3v) is 2.93. The number of ether oxygens (including phenoxy) is 1. The molecule has 0 atom stereocenters. The molecule has 0 radical (unpaired) electrons. The van der Waals surface area contributed by atoms with Crippen LogP contribution in [0.4, 0.5) is 0 Å². The number of aromatic nitrogens is 3. The topological polar surface area (TPSA) is 39.9 Å². The lowest BCUT2D eigenvalue weighted by atomic mass is 10.3. The summed E-state index contributed by atoms with van der Waals surface area (Å²) in [4.78, 5) is 8.85. The Morgan fingerprint density at radius 3 is 2.89 bits per heavy atom. The van der Waals surface area contributed by atoms with Crippen LogP contribution in [0.15, 0.2) is 48.8 Å². The predicted octanol–water partition coefficient (Wildman–Crippen LogP) is 2.88. The van der Waals surface area contributed by atoms with Crippen LogP contribution in [-0.2, 0) is 6.54 Å². The molecule has 2 aromatic heterocycles. The molecule has 0 aliphatic rings. The van der Waals surface area contributed by atoms with Crippen LogP contribution in [0.1, 0.15) is 12.6 Å². The van der Waals surface area contributed by atoms with E-state index < -0.39 is 0 Å². The van der Waals surface area contributed by atoms with E-state index in [1.54, 1.807) is 0 Å². The molecular weight excluding hydrogens is 238 g/mol. The van der Waals surface area contributed by atoms with Crippen molar-refractivity contribution >= 4 is 11.0 Å². The second-order valence-electron chi connectivity index (χ2n) is 4.26. The minimum absolute atomic E-state index is 0.629. The Kier molecular flexibility index (Phi) is 3.14. The first-order valence-corrected chi connectivity index (χ1v) is 6.35. The molecule has 96 valence electrons. The van der Waals surface area contributed by atoms with Crippen molar-refractivity contribution in [3.8, 4) is 5.88 Å². The van der Waals surface area contributed by atoms with E-state index >= 15 is 0 Å². The summed E-state index contributed by atoms with van der Waals surface area (Å²) in [6.07, 6.45) is 1.85. The van der Waals surface area contributed by atoms with Crippen molar-refractivity contribution in [2.24, 2.45) is 0 Å². The van der Waals surface area contributed by atoms with Crippen molar-refractivity contribution in [3.63, 3.8) is 0 Å². The fraction of sp³-hybridized carbons (Fsp3) is 0.200. The molecule has 19 heavy (non-hydrogen) atoms. The van der Waals surface area contributed by atoms with Gasteiger partial charge in [0, 0.05) is 6.07 Å².